The van der Waals surface area contributed by atoms with Crippen LogP contribution in [-0.2, 0) is 0 Å². The number of ether oxygens (including phenoxy) is 1. The molecule has 20 heavy (non-hydrogen) atoms. The summed E-state index contributed by atoms with van der Waals surface area (Å²) in [5.41, 5.74) is 2.20. The molecule has 0 spiro atoms. The van der Waals surface area contributed by atoms with Crippen LogP contribution in [0.1, 0.15) is 5.56 Å². The minimum absolute atomic E-state index is 0.688. The molecule has 0 aliphatic heterocycles. The van der Waals surface area contributed by atoms with E-state index in [9.17, 15) is 0 Å². The Kier molecular flexibility index (Phi) is 3.44. The largest absolute Gasteiger partial charge is 0.454 e. The maximum Gasteiger partial charge on any atom is 0.165 e. The average molecular weight is 285 g/mol. The molecular weight excluding hydrogens is 272 g/mol. The van der Waals surface area contributed by atoms with Crippen molar-refractivity contribution in [3.63, 3.8) is 0 Å². The zero-order valence-electron chi connectivity index (χ0n) is 11.0. The maximum absolute atomic E-state index is 5.84. The number of hydrogen-bond acceptors (Lipinski definition) is 2. The molecule has 0 aliphatic rings. The maximum atomic E-state index is 5.84. The van der Waals surface area contributed by atoms with Crippen molar-refractivity contribution in [3.8, 4) is 17.2 Å². The number of aromatic nitrogens is 2. The summed E-state index contributed by atoms with van der Waals surface area (Å²) in [6.07, 6.45) is 3.55. The lowest BCUT2D eigenvalue weighted by atomic mass is 10.2. The predicted molar refractivity (Wildman–Crippen MR) is 79.8 cm³/mol. The van der Waals surface area contributed by atoms with E-state index >= 15 is 0 Å². The van der Waals surface area contributed by atoms with Crippen molar-refractivity contribution in [2.75, 3.05) is 0 Å². The van der Waals surface area contributed by atoms with E-state index in [4.69, 9.17) is 16.3 Å². The van der Waals surface area contributed by atoms with E-state index in [1.807, 2.05) is 36.5 Å². The van der Waals surface area contributed by atoms with Gasteiger partial charge in [-0.05, 0) is 42.8 Å². The van der Waals surface area contributed by atoms with Gasteiger partial charge in [0.2, 0.25) is 0 Å². The van der Waals surface area contributed by atoms with E-state index in [0.29, 0.717) is 10.8 Å². The molecule has 0 fully saturated rings. The summed E-state index contributed by atoms with van der Waals surface area (Å²) in [5.74, 6) is 1.43. The Balaban J connectivity index is 1.84. The SMILES string of the molecule is Cc1ccccc1-n1cc(Oc2ccc(Cl)cc2)cn1. The summed E-state index contributed by atoms with van der Waals surface area (Å²) < 4.78 is 7.54. The fraction of sp³-hybridized carbons (Fsp3) is 0.0625. The van der Waals surface area contributed by atoms with Gasteiger partial charge in [-0.25, -0.2) is 4.68 Å². The van der Waals surface area contributed by atoms with Crippen LogP contribution in [-0.4, -0.2) is 9.78 Å². The van der Waals surface area contributed by atoms with Gasteiger partial charge in [0.05, 0.1) is 18.1 Å². The van der Waals surface area contributed by atoms with E-state index < -0.39 is 0 Å². The Morgan fingerprint density at radius 2 is 1.75 bits per heavy atom. The van der Waals surface area contributed by atoms with Gasteiger partial charge >= 0.3 is 0 Å². The van der Waals surface area contributed by atoms with Gasteiger partial charge in [-0.2, -0.15) is 5.10 Å². The number of hydrogen-bond donors (Lipinski definition) is 0. The summed E-state index contributed by atoms with van der Waals surface area (Å²) in [5, 5.41) is 5.01. The normalized spacial score (nSPS) is 10.5. The minimum atomic E-state index is 0.688. The van der Waals surface area contributed by atoms with Crippen molar-refractivity contribution in [3.05, 3.63) is 71.5 Å². The second kappa shape index (κ2) is 5.39. The lowest BCUT2D eigenvalue weighted by Gasteiger charge is -2.04. The molecule has 0 saturated carbocycles. The fourth-order valence-corrected chi connectivity index (χ4v) is 2.08. The third-order valence-corrected chi connectivity index (χ3v) is 3.22. The first-order valence-electron chi connectivity index (χ1n) is 6.26. The van der Waals surface area contributed by atoms with E-state index in [1.54, 1.807) is 23.0 Å². The monoisotopic (exact) mass is 284 g/mol. The van der Waals surface area contributed by atoms with Crippen LogP contribution in [0.3, 0.4) is 0 Å². The van der Waals surface area contributed by atoms with Crippen LogP contribution >= 0.6 is 11.6 Å². The molecule has 4 heteroatoms. The topological polar surface area (TPSA) is 27.1 Å². The third-order valence-electron chi connectivity index (χ3n) is 2.97. The van der Waals surface area contributed by atoms with Gasteiger partial charge in [0.15, 0.2) is 5.75 Å². The Hall–Kier alpha value is -2.26. The van der Waals surface area contributed by atoms with Crippen molar-refractivity contribution in [2.45, 2.75) is 6.92 Å². The Morgan fingerprint density at radius 3 is 2.50 bits per heavy atom. The molecule has 0 unspecified atom stereocenters. The van der Waals surface area contributed by atoms with Crippen LogP contribution in [0.2, 0.25) is 5.02 Å². The van der Waals surface area contributed by atoms with Gasteiger partial charge < -0.3 is 4.74 Å². The highest BCUT2D eigenvalue weighted by atomic mass is 35.5. The molecule has 0 saturated heterocycles. The average Bonchev–Trinajstić information content (AvgIpc) is 2.90. The fourth-order valence-electron chi connectivity index (χ4n) is 1.95. The lowest BCUT2D eigenvalue weighted by molar-refractivity contribution is 0.482. The molecule has 3 rings (SSSR count). The molecule has 0 amide bonds. The Labute approximate surface area is 122 Å². The summed E-state index contributed by atoms with van der Waals surface area (Å²) in [7, 11) is 0. The summed E-state index contributed by atoms with van der Waals surface area (Å²) >= 11 is 5.84. The predicted octanol–water partition coefficient (Wildman–Crippen LogP) is 4.63. The van der Waals surface area contributed by atoms with Crippen LogP contribution < -0.4 is 4.74 Å². The molecule has 100 valence electrons. The van der Waals surface area contributed by atoms with Crippen LogP contribution in [0.25, 0.3) is 5.69 Å². The Morgan fingerprint density at radius 1 is 1.00 bits per heavy atom. The first-order chi connectivity index (χ1) is 9.72. The zero-order chi connectivity index (χ0) is 13.9. The molecule has 0 bridgehead atoms. The van der Waals surface area contributed by atoms with Gasteiger partial charge in [-0.3, -0.25) is 0 Å². The number of benzene rings is 2. The van der Waals surface area contributed by atoms with E-state index in [2.05, 4.69) is 18.1 Å². The lowest BCUT2D eigenvalue weighted by Crippen LogP contribution is -1.96. The second-order valence-corrected chi connectivity index (χ2v) is 4.90. The van der Waals surface area contributed by atoms with Crippen molar-refractivity contribution in [2.24, 2.45) is 0 Å². The molecule has 2 aromatic carbocycles. The summed E-state index contributed by atoms with van der Waals surface area (Å²) in [4.78, 5) is 0. The Bertz CT molecular complexity index is 719. The number of nitrogens with zero attached hydrogens (tertiary/aromatic N) is 2. The minimum Gasteiger partial charge on any atom is -0.454 e. The highest BCUT2D eigenvalue weighted by molar-refractivity contribution is 6.30. The number of halogens is 1. The summed E-state index contributed by atoms with van der Waals surface area (Å²) in [6.45, 7) is 2.05. The molecule has 0 N–H and O–H groups in total. The first kappa shape index (κ1) is 12.8. The van der Waals surface area contributed by atoms with Gasteiger partial charge in [-0.1, -0.05) is 29.8 Å². The molecular formula is C16H13ClN2O. The van der Waals surface area contributed by atoms with Gasteiger partial charge in [0, 0.05) is 5.02 Å². The first-order valence-corrected chi connectivity index (χ1v) is 6.64. The second-order valence-electron chi connectivity index (χ2n) is 4.46. The molecule has 1 heterocycles. The number of para-hydroxylation sites is 1. The number of aryl methyl sites for hydroxylation is 1. The van der Waals surface area contributed by atoms with Crippen molar-refractivity contribution in [1.29, 1.82) is 0 Å². The van der Waals surface area contributed by atoms with Gasteiger partial charge in [-0.15, -0.1) is 0 Å². The third kappa shape index (κ3) is 2.68. The highest BCUT2D eigenvalue weighted by Crippen LogP contribution is 2.24. The van der Waals surface area contributed by atoms with E-state index in [0.717, 1.165) is 17.0 Å². The molecule has 0 aliphatic carbocycles. The molecule has 0 radical (unpaired) electrons. The van der Waals surface area contributed by atoms with Crippen LogP contribution in [0.5, 0.6) is 11.5 Å². The van der Waals surface area contributed by atoms with Crippen molar-refractivity contribution in [1.82, 2.24) is 9.78 Å². The van der Waals surface area contributed by atoms with E-state index in [1.165, 1.54) is 0 Å². The van der Waals surface area contributed by atoms with Crippen molar-refractivity contribution < 1.29 is 4.74 Å². The van der Waals surface area contributed by atoms with Crippen LogP contribution in [0, 0.1) is 6.92 Å². The standard InChI is InChI=1S/C16H13ClN2O/c1-12-4-2-3-5-16(12)19-11-15(10-18-19)20-14-8-6-13(17)7-9-14/h2-11H,1H3. The van der Waals surface area contributed by atoms with E-state index in [-0.39, 0.29) is 0 Å². The molecule has 3 aromatic rings. The smallest absolute Gasteiger partial charge is 0.165 e. The molecule has 0 atom stereocenters. The zero-order valence-corrected chi connectivity index (χ0v) is 11.7. The summed E-state index contributed by atoms with van der Waals surface area (Å²) in [6, 6.07) is 15.3. The molecule has 3 nitrogen and oxygen atoms in total. The van der Waals surface area contributed by atoms with Gasteiger partial charge in [0.1, 0.15) is 5.75 Å². The van der Waals surface area contributed by atoms with Crippen molar-refractivity contribution >= 4 is 11.6 Å². The van der Waals surface area contributed by atoms with Gasteiger partial charge in [0.25, 0.3) is 0 Å². The quantitative estimate of drug-likeness (QED) is 0.701. The van der Waals surface area contributed by atoms with Crippen LogP contribution in [0.4, 0.5) is 0 Å². The van der Waals surface area contributed by atoms with Crippen LogP contribution in [0.15, 0.2) is 60.9 Å². The number of rotatable bonds is 3. The highest BCUT2D eigenvalue weighted by Gasteiger charge is 2.05. The molecule has 1 aromatic heterocycles.